The number of benzene rings is 2. The summed E-state index contributed by atoms with van der Waals surface area (Å²) in [5.41, 5.74) is 1.78. The molecule has 0 N–H and O–H groups in total. The molecule has 0 aromatic heterocycles. The summed E-state index contributed by atoms with van der Waals surface area (Å²) in [5, 5.41) is 0.731. The molecule has 0 amide bonds. The summed E-state index contributed by atoms with van der Waals surface area (Å²) in [5.74, 6) is 0.542. The van der Waals surface area contributed by atoms with E-state index in [2.05, 4.69) is 30.9 Å². The topological polar surface area (TPSA) is 9.72 Å². The lowest BCUT2D eigenvalue weighted by Crippen LogP contribution is -2.34. The summed E-state index contributed by atoms with van der Waals surface area (Å²) in [6, 6.07) is 12.4. The van der Waals surface area contributed by atoms with E-state index in [0.29, 0.717) is 18.0 Å². The van der Waals surface area contributed by atoms with E-state index in [9.17, 15) is 13.2 Å². The van der Waals surface area contributed by atoms with E-state index in [1.54, 1.807) is 12.1 Å². The number of alkyl halides is 3. The SMILES string of the molecule is CCCCCCC.CN1C=CN(c2ccc(C(F)(F)F)c(CN3CCC(Cc4ccc(Cl)cc4)CC3)c2)C=CC1. The van der Waals surface area contributed by atoms with Crippen LogP contribution in [-0.4, -0.2) is 36.5 Å². The van der Waals surface area contributed by atoms with Gasteiger partial charge in [0.25, 0.3) is 0 Å². The molecule has 1 fully saturated rings. The maximum absolute atomic E-state index is 13.7. The lowest BCUT2D eigenvalue weighted by Gasteiger charge is -2.33. The maximum Gasteiger partial charge on any atom is 0.416 e. The Morgan fingerprint density at radius 2 is 1.55 bits per heavy atom. The Kier molecular flexibility index (Phi) is 12.9. The van der Waals surface area contributed by atoms with E-state index in [1.807, 2.05) is 53.7 Å². The van der Waals surface area contributed by atoms with Crippen molar-refractivity contribution < 1.29 is 13.2 Å². The van der Waals surface area contributed by atoms with Crippen LogP contribution in [0.2, 0.25) is 5.02 Å². The first kappa shape index (κ1) is 32.1. The summed E-state index contributed by atoms with van der Waals surface area (Å²) in [4.78, 5) is 6.02. The smallest absolute Gasteiger partial charge is 0.375 e. The van der Waals surface area contributed by atoms with Crippen LogP contribution in [0.1, 0.15) is 75.5 Å². The minimum Gasteiger partial charge on any atom is -0.375 e. The molecule has 1 saturated heterocycles. The highest BCUT2D eigenvalue weighted by Gasteiger charge is 2.34. The van der Waals surface area contributed by atoms with Crippen LogP contribution in [0, 0.1) is 5.92 Å². The number of likely N-dealkylation sites (tertiary alicyclic amines) is 1. The van der Waals surface area contributed by atoms with Gasteiger partial charge < -0.3 is 9.80 Å². The van der Waals surface area contributed by atoms with Gasteiger partial charge in [-0.2, -0.15) is 13.2 Å². The quantitative estimate of drug-likeness (QED) is 0.276. The molecule has 0 spiro atoms. The Morgan fingerprint density at radius 3 is 2.17 bits per heavy atom. The molecule has 0 radical (unpaired) electrons. The van der Waals surface area contributed by atoms with Crippen molar-refractivity contribution in [2.75, 3.05) is 31.6 Å². The molecule has 0 bridgehead atoms. The second kappa shape index (κ2) is 16.1. The maximum atomic E-state index is 13.7. The van der Waals surface area contributed by atoms with Crippen LogP contribution >= 0.6 is 11.6 Å². The van der Waals surface area contributed by atoms with Gasteiger partial charge in [0, 0.05) is 49.4 Å². The highest BCUT2D eigenvalue weighted by atomic mass is 35.5. The van der Waals surface area contributed by atoms with Gasteiger partial charge in [-0.05, 0) is 85.8 Å². The molecule has 0 unspecified atom stereocenters. The van der Waals surface area contributed by atoms with E-state index in [1.165, 1.54) is 43.7 Å². The van der Waals surface area contributed by atoms with Crippen LogP contribution in [0.15, 0.2) is 67.1 Å². The molecule has 3 nitrogen and oxygen atoms in total. The van der Waals surface area contributed by atoms with Crippen molar-refractivity contribution in [2.24, 2.45) is 5.92 Å². The summed E-state index contributed by atoms with van der Waals surface area (Å²) >= 11 is 5.97. The molecule has 0 saturated carbocycles. The summed E-state index contributed by atoms with van der Waals surface area (Å²) in [7, 11) is 1.96. The number of halogens is 4. The zero-order valence-electron chi connectivity index (χ0n) is 24.3. The zero-order chi connectivity index (χ0) is 29.0. The predicted octanol–water partition coefficient (Wildman–Crippen LogP) is 9.53. The van der Waals surface area contributed by atoms with Gasteiger partial charge in [-0.25, -0.2) is 0 Å². The average Bonchev–Trinajstić information content (AvgIpc) is 3.15. The van der Waals surface area contributed by atoms with Crippen LogP contribution in [0.25, 0.3) is 0 Å². The van der Waals surface area contributed by atoms with E-state index >= 15 is 0 Å². The van der Waals surface area contributed by atoms with E-state index in [4.69, 9.17) is 11.6 Å². The third-order valence-electron chi connectivity index (χ3n) is 7.58. The van der Waals surface area contributed by atoms with E-state index < -0.39 is 11.7 Å². The number of nitrogens with zero attached hydrogens (tertiary/aromatic N) is 3. The first-order valence-electron chi connectivity index (χ1n) is 14.7. The molecular formula is C33H45ClF3N3. The Bertz CT molecular complexity index is 1070. The van der Waals surface area contributed by atoms with Gasteiger partial charge in [0.05, 0.1) is 5.56 Å². The number of hydrogen-bond donors (Lipinski definition) is 0. The van der Waals surface area contributed by atoms with Crippen molar-refractivity contribution in [1.29, 1.82) is 0 Å². The molecule has 2 aliphatic heterocycles. The fourth-order valence-electron chi connectivity index (χ4n) is 5.16. The number of hydrogen-bond acceptors (Lipinski definition) is 3. The van der Waals surface area contributed by atoms with Crippen LogP contribution in [0.4, 0.5) is 18.9 Å². The Morgan fingerprint density at radius 1 is 0.875 bits per heavy atom. The van der Waals surface area contributed by atoms with Gasteiger partial charge in [-0.3, -0.25) is 4.90 Å². The largest absolute Gasteiger partial charge is 0.416 e. The van der Waals surface area contributed by atoms with E-state index in [0.717, 1.165) is 49.6 Å². The van der Waals surface area contributed by atoms with Crippen LogP contribution in [-0.2, 0) is 19.1 Å². The van der Waals surface area contributed by atoms with Gasteiger partial charge >= 0.3 is 6.18 Å². The van der Waals surface area contributed by atoms with Gasteiger partial charge in [0.2, 0.25) is 0 Å². The normalized spacial score (nSPS) is 16.6. The molecule has 7 heteroatoms. The standard InChI is InChI=1S/C26H29ClF3N3.C7H16/c1-31-11-2-12-33(16-15-31)24-7-8-25(26(28,29)30)22(18-24)19-32-13-9-21(10-14-32)17-20-3-5-23(27)6-4-20;1-3-5-7-6-4-2/h2-8,12,15-16,18,21H,9-11,13-14,17,19H2,1H3;3-7H2,1-2H3. The first-order chi connectivity index (χ1) is 19.2. The van der Waals surface area contributed by atoms with Gasteiger partial charge in [-0.15, -0.1) is 0 Å². The minimum atomic E-state index is -4.37. The summed E-state index contributed by atoms with van der Waals surface area (Å²) < 4.78 is 41.2. The molecule has 0 atom stereocenters. The molecule has 2 aromatic carbocycles. The fourth-order valence-corrected chi connectivity index (χ4v) is 5.29. The van der Waals surface area contributed by atoms with Gasteiger partial charge in [0.1, 0.15) is 0 Å². The molecule has 2 aromatic rings. The summed E-state index contributed by atoms with van der Waals surface area (Å²) in [6.45, 7) is 7.15. The van der Waals surface area contributed by atoms with Gasteiger partial charge in [-0.1, -0.05) is 69.7 Å². The van der Waals surface area contributed by atoms with Gasteiger partial charge in [0.15, 0.2) is 0 Å². The van der Waals surface area contributed by atoms with Crippen molar-refractivity contribution in [3.8, 4) is 0 Å². The van der Waals surface area contributed by atoms with Crippen molar-refractivity contribution in [3.63, 3.8) is 0 Å². The van der Waals surface area contributed by atoms with Crippen molar-refractivity contribution in [2.45, 2.75) is 77.9 Å². The fraction of sp³-hybridized carbons (Fsp3) is 0.515. The molecule has 2 heterocycles. The van der Waals surface area contributed by atoms with Crippen molar-refractivity contribution >= 4 is 17.3 Å². The highest BCUT2D eigenvalue weighted by Crippen LogP contribution is 2.35. The Balaban J connectivity index is 0.000000559. The summed E-state index contributed by atoms with van der Waals surface area (Å²) in [6.07, 6.45) is 13.3. The predicted molar refractivity (Wildman–Crippen MR) is 162 cm³/mol. The third-order valence-corrected chi connectivity index (χ3v) is 7.83. The number of rotatable bonds is 9. The number of unbranched alkanes of at least 4 members (excludes halogenated alkanes) is 4. The van der Waals surface area contributed by atoms with E-state index in [-0.39, 0.29) is 0 Å². The molecule has 2 aliphatic rings. The molecule has 220 valence electrons. The third kappa shape index (κ3) is 10.5. The second-order valence-electron chi connectivity index (χ2n) is 11.0. The number of likely N-dealkylation sites (N-methyl/N-ethyl adjacent to an activating group) is 1. The minimum absolute atomic E-state index is 0.303. The Labute approximate surface area is 244 Å². The van der Waals surface area contributed by atoms with Crippen LogP contribution in [0.5, 0.6) is 0 Å². The highest BCUT2D eigenvalue weighted by molar-refractivity contribution is 6.30. The number of anilines is 1. The molecule has 0 aliphatic carbocycles. The monoisotopic (exact) mass is 575 g/mol. The average molecular weight is 576 g/mol. The first-order valence-corrected chi connectivity index (χ1v) is 15.1. The molecular weight excluding hydrogens is 531 g/mol. The molecule has 40 heavy (non-hydrogen) atoms. The number of piperidine rings is 1. The Hall–Kier alpha value is -2.44. The molecule has 4 rings (SSSR count). The van der Waals surface area contributed by atoms with Crippen LogP contribution in [0.3, 0.4) is 0 Å². The zero-order valence-corrected chi connectivity index (χ0v) is 25.0. The van der Waals surface area contributed by atoms with Crippen molar-refractivity contribution in [1.82, 2.24) is 9.80 Å². The second-order valence-corrected chi connectivity index (χ2v) is 11.4. The van der Waals surface area contributed by atoms with Crippen molar-refractivity contribution in [3.05, 3.63) is 88.9 Å². The lowest BCUT2D eigenvalue weighted by molar-refractivity contribution is -0.138. The van der Waals surface area contributed by atoms with Crippen LogP contribution < -0.4 is 4.90 Å². The lowest BCUT2D eigenvalue weighted by atomic mass is 9.90.